The number of hydrogen-bond donors (Lipinski definition) is 0. The van der Waals surface area contributed by atoms with E-state index in [2.05, 4.69) is 0 Å². The maximum atomic E-state index is 12.9. The summed E-state index contributed by atoms with van der Waals surface area (Å²) in [5.74, 6) is -1.66. The van der Waals surface area contributed by atoms with Crippen LogP contribution >= 0.6 is 0 Å². The molecule has 0 bridgehead atoms. The Hall–Kier alpha value is -2.99. The Kier molecular flexibility index (Phi) is 3.04. The second-order valence-corrected chi connectivity index (χ2v) is 7.16. The molecule has 0 unspecified atom stereocenters. The summed E-state index contributed by atoms with van der Waals surface area (Å²) in [6.45, 7) is 0. The van der Waals surface area contributed by atoms with Crippen molar-refractivity contribution in [2.24, 2.45) is 0 Å². The third kappa shape index (κ3) is 1.90. The van der Waals surface area contributed by atoms with Crippen molar-refractivity contribution in [3.8, 4) is 0 Å². The molecule has 4 rings (SSSR count). The van der Waals surface area contributed by atoms with Crippen LogP contribution < -0.4 is 0 Å². The lowest BCUT2D eigenvalue weighted by atomic mass is 10.0. The molecule has 1 aliphatic heterocycles. The number of rotatable bonds is 1. The van der Waals surface area contributed by atoms with Gasteiger partial charge in [0.05, 0.1) is 5.56 Å². The molecular weight excluding hydrogens is 326 g/mol. The van der Waals surface area contributed by atoms with Crippen LogP contribution in [0.25, 0.3) is 10.8 Å². The molecule has 5 nitrogen and oxygen atoms in total. The summed E-state index contributed by atoms with van der Waals surface area (Å²) in [4.78, 5) is 25.2. The molecule has 1 aliphatic rings. The predicted molar refractivity (Wildman–Crippen MR) is 88.1 cm³/mol. The topological polar surface area (TPSA) is 71.5 Å². The van der Waals surface area contributed by atoms with E-state index in [9.17, 15) is 18.0 Å². The van der Waals surface area contributed by atoms with Crippen LogP contribution in [0, 0.1) is 0 Å². The molecule has 3 aromatic carbocycles. The van der Waals surface area contributed by atoms with Gasteiger partial charge in [0.2, 0.25) is 0 Å². The molecule has 0 saturated carbocycles. The number of nitrogens with zero attached hydrogens (tertiary/aromatic N) is 1. The minimum Gasteiger partial charge on any atom is -0.267 e. The minimum absolute atomic E-state index is 0.0195. The maximum Gasteiger partial charge on any atom is 0.276 e. The summed E-state index contributed by atoms with van der Waals surface area (Å²) < 4.78 is 25.6. The first-order chi connectivity index (χ1) is 11.5. The van der Waals surface area contributed by atoms with Crippen molar-refractivity contribution in [1.29, 1.82) is 0 Å². The SMILES string of the molecule is O=C1c2ccccc2S(=O)(=O)N1C(=O)c1cccc2ccccc12. The van der Waals surface area contributed by atoms with Gasteiger partial charge in [-0.25, -0.2) is 8.42 Å². The maximum absolute atomic E-state index is 12.9. The Morgan fingerprint density at radius 3 is 2.29 bits per heavy atom. The highest BCUT2D eigenvalue weighted by Crippen LogP contribution is 2.32. The highest BCUT2D eigenvalue weighted by Gasteiger charge is 2.45. The van der Waals surface area contributed by atoms with Gasteiger partial charge in [0, 0.05) is 5.56 Å². The van der Waals surface area contributed by atoms with E-state index in [0.29, 0.717) is 9.69 Å². The van der Waals surface area contributed by atoms with Gasteiger partial charge in [-0.05, 0) is 29.0 Å². The third-order valence-corrected chi connectivity index (χ3v) is 5.75. The molecule has 0 fully saturated rings. The molecule has 24 heavy (non-hydrogen) atoms. The number of fused-ring (bicyclic) bond motifs is 2. The largest absolute Gasteiger partial charge is 0.276 e. The lowest BCUT2D eigenvalue weighted by Gasteiger charge is -2.14. The summed E-state index contributed by atoms with van der Waals surface area (Å²) in [7, 11) is -4.18. The van der Waals surface area contributed by atoms with Crippen molar-refractivity contribution in [1.82, 2.24) is 4.31 Å². The molecule has 2 amide bonds. The van der Waals surface area contributed by atoms with Crippen molar-refractivity contribution in [2.75, 3.05) is 0 Å². The lowest BCUT2D eigenvalue weighted by molar-refractivity contribution is 0.0741. The number of hydrogen-bond acceptors (Lipinski definition) is 4. The summed E-state index contributed by atoms with van der Waals surface area (Å²) in [6, 6.07) is 18.0. The first kappa shape index (κ1) is 14.6. The van der Waals surface area contributed by atoms with E-state index < -0.39 is 21.8 Å². The standard InChI is InChI=1S/C18H11NO4S/c20-17(14-10-5-7-12-6-1-2-8-13(12)14)19-18(21)15-9-3-4-11-16(15)24(19,22)23/h1-11H. The number of carbonyl (C=O) groups is 2. The zero-order valence-electron chi connectivity index (χ0n) is 12.3. The molecule has 0 aromatic heterocycles. The highest BCUT2D eigenvalue weighted by molar-refractivity contribution is 7.90. The van der Waals surface area contributed by atoms with Crippen LogP contribution in [0.2, 0.25) is 0 Å². The number of carbonyl (C=O) groups excluding carboxylic acids is 2. The van der Waals surface area contributed by atoms with Crippen LogP contribution in [0.4, 0.5) is 0 Å². The molecule has 0 atom stereocenters. The van der Waals surface area contributed by atoms with Crippen molar-refractivity contribution in [3.63, 3.8) is 0 Å². The Bertz CT molecular complexity index is 1110. The van der Waals surface area contributed by atoms with Crippen molar-refractivity contribution in [3.05, 3.63) is 77.9 Å². The van der Waals surface area contributed by atoms with E-state index in [-0.39, 0.29) is 16.0 Å². The van der Waals surface area contributed by atoms with Gasteiger partial charge < -0.3 is 0 Å². The summed E-state index contributed by atoms with van der Waals surface area (Å²) in [5, 5.41) is 1.40. The zero-order chi connectivity index (χ0) is 16.9. The second kappa shape index (κ2) is 5.01. The van der Waals surface area contributed by atoms with E-state index in [0.717, 1.165) is 5.39 Å². The molecule has 3 aromatic rings. The van der Waals surface area contributed by atoms with E-state index in [1.54, 1.807) is 24.3 Å². The number of imide groups is 1. The Labute approximate surface area is 138 Å². The van der Waals surface area contributed by atoms with Crippen LogP contribution in [0.3, 0.4) is 0 Å². The molecule has 0 N–H and O–H groups in total. The molecule has 1 heterocycles. The average molecular weight is 337 g/mol. The molecule has 0 saturated heterocycles. The van der Waals surface area contributed by atoms with Gasteiger partial charge in [0.25, 0.3) is 21.8 Å². The van der Waals surface area contributed by atoms with Crippen LogP contribution in [0.5, 0.6) is 0 Å². The number of sulfonamides is 1. The molecule has 0 radical (unpaired) electrons. The van der Waals surface area contributed by atoms with E-state index >= 15 is 0 Å². The van der Waals surface area contributed by atoms with Crippen molar-refractivity contribution in [2.45, 2.75) is 4.90 Å². The fourth-order valence-electron chi connectivity index (χ4n) is 2.91. The van der Waals surface area contributed by atoms with Gasteiger partial charge in [-0.15, -0.1) is 0 Å². The summed E-state index contributed by atoms with van der Waals surface area (Å²) >= 11 is 0. The molecular formula is C18H11NO4S. The summed E-state index contributed by atoms with van der Waals surface area (Å²) in [6.07, 6.45) is 0. The van der Waals surface area contributed by atoms with Crippen molar-refractivity contribution < 1.29 is 18.0 Å². The van der Waals surface area contributed by atoms with Crippen molar-refractivity contribution >= 4 is 32.6 Å². The normalized spacial score (nSPS) is 15.5. The fourth-order valence-corrected chi connectivity index (χ4v) is 4.42. The van der Waals surface area contributed by atoms with Crippen LogP contribution in [0.15, 0.2) is 71.6 Å². The first-order valence-corrected chi connectivity index (χ1v) is 8.66. The van der Waals surface area contributed by atoms with Gasteiger partial charge in [-0.2, -0.15) is 4.31 Å². The quantitative estimate of drug-likeness (QED) is 0.640. The van der Waals surface area contributed by atoms with Gasteiger partial charge in [0.1, 0.15) is 4.90 Å². The van der Waals surface area contributed by atoms with Crippen LogP contribution in [-0.2, 0) is 10.0 Å². The summed E-state index contributed by atoms with van der Waals surface area (Å²) in [5.41, 5.74) is 0.198. The van der Waals surface area contributed by atoms with Gasteiger partial charge in [-0.1, -0.05) is 48.5 Å². The molecule has 118 valence electrons. The number of benzene rings is 3. The van der Waals surface area contributed by atoms with Gasteiger partial charge in [-0.3, -0.25) is 9.59 Å². The first-order valence-electron chi connectivity index (χ1n) is 7.22. The number of amides is 2. The monoisotopic (exact) mass is 337 g/mol. The third-order valence-electron chi connectivity index (χ3n) is 4.02. The predicted octanol–water partition coefficient (Wildman–Crippen LogP) is 2.82. The van der Waals surface area contributed by atoms with Crippen LogP contribution in [0.1, 0.15) is 20.7 Å². The Morgan fingerprint density at radius 1 is 0.833 bits per heavy atom. The van der Waals surface area contributed by atoms with Gasteiger partial charge in [0.15, 0.2) is 0 Å². The minimum atomic E-state index is -4.18. The lowest BCUT2D eigenvalue weighted by Crippen LogP contribution is -2.36. The van der Waals surface area contributed by atoms with E-state index in [1.807, 2.05) is 18.2 Å². The average Bonchev–Trinajstić information content (AvgIpc) is 2.80. The fraction of sp³-hybridized carbons (Fsp3) is 0. The van der Waals surface area contributed by atoms with Crippen LogP contribution in [-0.4, -0.2) is 24.5 Å². The molecule has 0 aliphatic carbocycles. The zero-order valence-corrected chi connectivity index (χ0v) is 13.2. The Balaban J connectivity index is 1.91. The van der Waals surface area contributed by atoms with E-state index in [4.69, 9.17) is 0 Å². The molecule has 0 spiro atoms. The van der Waals surface area contributed by atoms with Gasteiger partial charge >= 0.3 is 0 Å². The second-order valence-electron chi connectivity index (χ2n) is 5.40. The van der Waals surface area contributed by atoms with E-state index in [1.165, 1.54) is 24.3 Å². The smallest absolute Gasteiger partial charge is 0.267 e. The highest BCUT2D eigenvalue weighted by atomic mass is 32.2. The Morgan fingerprint density at radius 2 is 1.50 bits per heavy atom. The molecule has 6 heteroatoms.